The molecule has 0 saturated heterocycles. The Morgan fingerprint density at radius 2 is 1.55 bits per heavy atom. The first-order valence-corrected chi connectivity index (χ1v) is 9.63. The van der Waals surface area contributed by atoms with Gasteiger partial charge in [0, 0.05) is 23.6 Å². The SMILES string of the molecule is COC(=O)c1cc(NC(=O)c2cccc(C)c2NC(=O)c2ccncc2)cc(C)c1C. The van der Waals surface area contributed by atoms with Gasteiger partial charge in [-0.25, -0.2) is 4.79 Å². The maximum Gasteiger partial charge on any atom is 0.338 e. The number of nitrogens with one attached hydrogen (secondary N) is 2. The number of benzene rings is 2. The third-order valence-electron chi connectivity index (χ3n) is 5.03. The molecule has 0 aliphatic rings. The van der Waals surface area contributed by atoms with Crippen LogP contribution in [-0.4, -0.2) is 29.9 Å². The quantitative estimate of drug-likeness (QED) is 0.604. The Balaban J connectivity index is 1.91. The summed E-state index contributed by atoms with van der Waals surface area (Å²) in [5.74, 6) is -1.23. The summed E-state index contributed by atoms with van der Waals surface area (Å²) in [4.78, 5) is 41.6. The van der Waals surface area contributed by atoms with E-state index in [-0.39, 0.29) is 5.91 Å². The first-order valence-electron chi connectivity index (χ1n) is 9.63. The molecule has 0 atom stereocenters. The lowest BCUT2D eigenvalue weighted by atomic mass is 10.0. The van der Waals surface area contributed by atoms with E-state index in [9.17, 15) is 14.4 Å². The van der Waals surface area contributed by atoms with Gasteiger partial charge in [0.1, 0.15) is 0 Å². The largest absolute Gasteiger partial charge is 0.465 e. The van der Waals surface area contributed by atoms with E-state index in [1.165, 1.54) is 19.5 Å². The number of aryl methyl sites for hydroxylation is 2. The summed E-state index contributed by atoms with van der Waals surface area (Å²) in [6.45, 7) is 5.48. The fraction of sp³-hybridized carbons (Fsp3) is 0.167. The van der Waals surface area contributed by atoms with Gasteiger partial charge in [0.15, 0.2) is 0 Å². The number of carbonyl (C=O) groups excluding carboxylic acids is 3. The summed E-state index contributed by atoms with van der Waals surface area (Å²) in [6, 6.07) is 11.7. The lowest BCUT2D eigenvalue weighted by Gasteiger charge is -2.15. The Labute approximate surface area is 180 Å². The predicted octanol–water partition coefficient (Wildman–Crippen LogP) is 4.30. The number of carbonyl (C=O) groups is 3. The molecule has 0 radical (unpaired) electrons. The molecule has 2 N–H and O–H groups in total. The molecule has 1 aromatic heterocycles. The molecule has 0 spiro atoms. The fourth-order valence-corrected chi connectivity index (χ4v) is 3.16. The minimum absolute atomic E-state index is 0.306. The lowest BCUT2D eigenvalue weighted by Crippen LogP contribution is -2.19. The van der Waals surface area contributed by atoms with Crippen molar-refractivity contribution in [3.05, 3.63) is 88.2 Å². The molecule has 0 saturated carbocycles. The molecule has 0 aliphatic carbocycles. The first kappa shape index (κ1) is 21.7. The van der Waals surface area contributed by atoms with E-state index in [1.54, 1.807) is 36.4 Å². The van der Waals surface area contributed by atoms with Gasteiger partial charge in [-0.2, -0.15) is 0 Å². The molecule has 1 heterocycles. The number of hydrogen-bond donors (Lipinski definition) is 2. The lowest BCUT2D eigenvalue weighted by molar-refractivity contribution is 0.0599. The summed E-state index contributed by atoms with van der Waals surface area (Å²) in [5.41, 5.74) is 4.36. The van der Waals surface area contributed by atoms with Gasteiger partial charge in [-0.05, 0) is 67.8 Å². The number of nitrogens with zero attached hydrogens (tertiary/aromatic N) is 1. The molecular formula is C24H23N3O4. The second-order valence-corrected chi connectivity index (χ2v) is 7.10. The van der Waals surface area contributed by atoms with E-state index in [4.69, 9.17) is 4.74 Å². The van der Waals surface area contributed by atoms with Crippen molar-refractivity contribution in [2.24, 2.45) is 0 Å². The number of rotatable bonds is 5. The zero-order valence-electron chi connectivity index (χ0n) is 17.8. The fourth-order valence-electron chi connectivity index (χ4n) is 3.16. The van der Waals surface area contributed by atoms with E-state index < -0.39 is 11.9 Å². The number of anilines is 2. The number of hydrogen-bond acceptors (Lipinski definition) is 5. The van der Waals surface area contributed by atoms with Crippen molar-refractivity contribution in [2.75, 3.05) is 17.7 Å². The van der Waals surface area contributed by atoms with Crippen LogP contribution in [0.1, 0.15) is 47.8 Å². The highest BCUT2D eigenvalue weighted by atomic mass is 16.5. The molecule has 7 heteroatoms. The molecule has 0 bridgehead atoms. The number of methoxy groups -OCH3 is 1. The van der Waals surface area contributed by atoms with Crippen LogP contribution in [0, 0.1) is 20.8 Å². The van der Waals surface area contributed by atoms with Crippen molar-refractivity contribution in [2.45, 2.75) is 20.8 Å². The Kier molecular flexibility index (Phi) is 6.45. The van der Waals surface area contributed by atoms with Crippen molar-refractivity contribution < 1.29 is 19.1 Å². The number of aromatic nitrogens is 1. The third kappa shape index (κ3) is 4.78. The Morgan fingerprint density at radius 1 is 0.839 bits per heavy atom. The van der Waals surface area contributed by atoms with Crippen LogP contribution < -0.4 is 10.6 Å². The van der Waals surface area contributed by atoms with Gasteiger partial charge in [-0.1, -0.05) is 12.1 Å². The molecule has 3 aromatic rings. The van der Waals surface area contributed by atoms with Gasteiger partial charge < -0.3 is 15.4 Å². The molecule has 7 nitrogen and oxygen atoms in total. The number of para-hydroxylation sites is 1. The van der Waals surface area contributed by atoms with Crippen LogP contribution in [0.15, 0.2) is 54.9 Å². The minimum atomic E-state index is -0.474. The highest BCUT2D eigenvalue weighted by Gasteiger charge is 2.18. The summed E-state index contributed by atoms with van der Waals surface area (Å²) < 4.78 is 4.83. The van der Waals surface area contributed by atoms with E-state index in [0.717, 1.165) is 16.7 Å². The molecule has 31 heavy (non-hydrogen) atoms. The highest BCUT2D eigenvalue weighted by Crippen LogP contribution is 2.25. The van der Waals surface area contributed by atoms with Crippen LogP contribution in [0.4, 0.5) is 11.4 Å². The highest BCUT2D eigenvalue weighted by molar-refractivity contribution is 6.13. The standard InChI is InChI=1S/C24H23N3O4/c1-14-6-5-7-19(21(14)27-22(28)17-8-10-25-11-9-17)23(29)26-18-12-15(2)16(3)20(13-18)24(30)31-4/h5-13H,1-4H3,(H,26,29)(H,27,28). The van der Waals surface area contributed by atoms with Crippen molar-refractivity contribution in [3.63, 3.8) is 0 Å². The van der Waals surface area contributed by atoms with Gasteiger partial charge >= 0.3 is 5.97 Å². The summed E-state index contributed by atoms with van der Waals surface area (Å²) >= 11 is 0. The topological polar surface area (TPSA) is 97.4 Å². The molecule has 158 valence electrons. The van der Waals surface area contributed by atoms with Crippen LogP contribution in [0.5, 0.6) is 0 Å². The summed E-state index contributed by atoms with van der Waals surface area (Å²) in [7, 11) is 1.31. The molecule has 0 fully saturated rings. The van der Waals surface area contributed by atoms with Crippen LogP contribution >= 0.6 is 0 Å². The van der Waals surface area contributed by atoms with Crippen molar-refractivity contribution >= 4 is 29.2 Å². The van der Waals surface area contributed by atoms with E-state index >= 15 is 0 Å². The molecule has 2 amide bonds. The van der Waals surface area contributed by atoms with Crippen LogP contribution in [-0.2, 0) is 4.74 Å². The normalized spacial score (nSPS) is 10.3. The zero-order valence-corrected chi connectivity index (χ0v) is 17.8. The van der Waals surface area contributed by atoms with E-state index in [1.807, 2.05) is 26.8 Å². The first-order chi connectivity index (χ1) is 14.8. The third-order valence-corrected chi connectivity index (χ3v) is 5.03. The van der Waals surface area contributed by atoms with Gasteiger partial charge in [0.05, 0.1) is 23.9 Å². The molecule has 2 aromatic carbocycles. The number of ether oxygens (including phenoxy) is 1. The van der Waals surface area contributed by atoms with Gasteiger partial charge in [-0.15, -0.1) is 0 Å². The second-order valence-electron chi connectivity index (χ2n) is 7.10. The Hall–Kier alpha value is -4.00. The summed E-state index contributed by atoms with van der Waals surface area (Å²) in [5, 5.41) is 5.64. The van der Waals surface area contributed by atoms with Gasteiger partial charge in [0.2, 0.25) is 0 Å². The van der Waals surface area contributed by atoms with Crippen molar-refractivity contribution in [1.29, 1.82) is 0 Å². The molecule has 0 unspecified atom stereocenters. The van der Waals surface area contributed by atoms with E-state index in [2.05, 4.69) is 15.6 Å². The molecule has 0 aliphatic heterocycles. The van der Waals surface area contributed by atoms with E-state index in [0.29, 0.717) is 28.1 Å². The van der Waals surface area contributed by atoms with Crippen molar-refractivity contribution in [3.8, 4) is 0 Å². The van der Waals surface area contributed by atoms with Crippen molar-refractivity contribution in [1.82, 2.24) is 4.98 Å². The monoisotopic (exact) mass is 417 g/mol. The smallest absolute Gasteiger partial charge is 0.338 e. The van der Waals surface area contributed by atoms with Crippen LogP contribution in [0.3, 0.4) is 0 Å². The minimum Gasteiger partial charge on any atom is -0.465 e. The maximum atomic E-state index is 13.1. The average molecular weight is 417 g/mol. The number of pyridine rings is 1. The Bertz CT molecular complexity index is 1160. The number of esters is 1. The summed E-state index contributed by atoms with van der Waals surface area (Å²) in [6.07, 6.45) is 3.05. The van der Waals surface area contributed by atoms with Crippen LogP contribution in [0.2, 0.25) is 0 Å². The molecule has 3 rings (SSSR count). The Morgan fingerprint density at radius 3 is 2.23 bits per heavy atom. The zero-order chi connectivity index (χ0) is 22.5. The average Bonchev–Trinajstić information content (AvgIpc) is 2.77. The predicted molar refractivity (Wildman–Crippen MR) is 119 cm³/mol. The maximum absolute atomic E-state index is 13.1. The second kappa shape index (κ2) is 9.21. The molecular weight excluding hydrogens is 394 g/mol. The van der Waals surface area contributed by atoms with Crippen LogP contribution in [0.25, 0.3) is 0 Å². The van der Waals surface area contributed by atoms with Gasteiger partial charge in [-0.3, -0.25) is 14.6 Å². The number of amides is 2. The van der Waals surface area contributed by atoms with Gasteiger partial charge in [0.25, 0.3) is 11.8 Å².